The highest BCUT2D eigenvalue weighted by molar-refractivity contribution is 5.82. The average molecular weight is 347 g/mol. The van der Waals surface area contributed by atoms with Gasteiger partial charge in [0.05, 0.1) is 28.7 Å². The summed E-state index contributed by atoms with van der Waals surface area (Å²) in [6, 6.07) is 11.6. The Morgan fingerprint density at radius 1 is 1.12 bits per heavy atom. The highest BCUT2D eigenvalue weighted by Crippen LogP contribution is 2.25. The van der Waals surface area contributed by atoms with E-state index in [0.717, 1.165) is 34.5 Å². The molecule has 0 saturated heterocycles. The number of para-hydroxylation sites is 1. The van der Waals surface area contributed by atoms with Gasteiger partial charge in [-0.1, -0.05) is 18.2 Å². The van der Waals surface area contributed by atoms with E-state index in [1.54, 1.807) is 10.9 Å². The molecule has 0 aliphatic carbocycles. The summed E-state index contributed by atoms with van der Waals surface area (Å²) in [5.74, 6) is 0. The lowest BCUT2D eigenvalue weighted by molar-refractivity contribution is 0.630. The number of aromatic nitrogens is 5. The SMILES string of the molecule is CCn1ncc2nc(-c3c(C)n(C)n(-c4ccccc4)c3=O)cc(C)c21. The van der Waals surface area contributed by atoms with Crippen LogP contribution in [0.1, 0.15) is 18.2 Å². The van der Waals surface area contributed by atoms with E-state index in [2.05, 4.69) is 12.0 Å². The van der Waals surface area contributed by atoms with Crippen molar-refractivity contribution in [3.63, 3.8) is 0 Å². The molecule has 0 aliphatic rings. The summed E-state index contributed by atoms with van der Waals surface area (Å²) in [5, 5.41) is 4.39. The Hall–Kier alpha value is -3.15. The number of rotatable bonds is 3. The third-order valence-corrected chi connectivity index (χ3v) is 4.90. The fourth-order valence-corrected chi connectivity index (χ4v) is 3.53. The molecule has 1 aromatic carbocycles. The Morgan fingerprint density at radius 2 is 1.85 bits per heavy atom. The van der Waals surface area contributed by atoms with Crippen molar-refractivity contribution < 1.29 is 0 Å². The van der Waals surface area contributed by atoms with Crippen molar-refractivity contribution in [2.24, 2.45) is 7.05 Å². The highest BCUT2D eigenvalue weighted by Gasteiger charge is 2.20. The zero-order chi connectivity index (χ0) is 18.4. The second-order valence-corrected chi connectivity index (χ2v) is 6.46. The van der Waals surface area contributed by atoms with E-state index in [9.17, 15) is 4.79 Å². The minimum absolute atomic E-state index is 0.0645. The molecule has 0 amide bonds. The first-order valence-corrected chi connectivity index (χ1v) is 8.70. The van der Waals surface area contributed by atoms with Gasteiger partial charge in [-0.05, 0) is 44.5 Å². The molecule has 0 N–H and O–H groups in total. The van der Waals surface area contributed by atoms with Crippen molar-refractivity contribution in [3.8, 4) is 16.9 Å². The lowest BCUT2D eigenvalue weighted by Gasteiger charge is -2.07. The van der Waals surface area contributed by atoms with Gasteiger partial charge in [0.1, 0.15) is 5.52 Å². The fourth-order valence-electron chi connectivity index (χ4n) is 3.53. The van der Waals surface area contributed by atoms with Crippen molar-refractivity contribution in [3.05, 3.63) is 64.2 Å². The first kappa shape index (κ1) is 16.3. The van der Waals surface area contributed by atoms with Gasteiger partial charge in [-0.2, -0.15) is 5.10 Å². The van der Waals surface area contributed by atoms with Gasteiger partial charge < -0.3 is 0 Å². The van der Waals surface area contributed by atoms with Crippen molar-refractivity contribution in [1.29, 1.82) is 0 Å². The van der Waals surface area contributed by atoms with Crippen LogP contribution in [0.3, 0.4) is 0 Å². The maximum atomic E-state index is 13.2. The molecule has 4 aromatic rings. The summed E-state index contributed by atoms with van der Waals surface area (Å²) in [7, 11) is 1.90. The second-order valence-electron chi connectivity index (χ2n) is 6.46. The van der Waals surface area contributed by atoms with Gasteiger partial charge in [-0.15, -0.1) is 0 Å². The maximum Gasteiger partial charge on any atom is 0.281 e. The van der Waals surface area contributed by atoms with Crippen LogP contribution in [0, 0.1) is 13.8 Å². The molecule has 4 rings (SSSR count). The van der Waals surface area contributed by atoms with Gasteiger partial charge in [0.2, 0.25) is 0 Å². The highest BCUT2D eigenvalue weighted by atomic mass is 16.1. The quantitative estimate of drug-likeness (QED) is 0.572. The Labute approximate surface area is 151 Å². The molecule has 6 nitrogen and oxygen atoms in total. The van der Waals surface area contributed by atoms with E-state index < -0.39 is 0 Å². The first-order valence-electron chi connectivity index (χ1n) is 8.70. The smallest absolute Gasteiger partial charge is 0.281 e. The first-order chi connectivity index (χ1) is 12.5. The standard InChI is InChI=1S/C20H21N5O/c1-5-24-19-13(2)11-16(22-17(19)12-21-24)18-14(3)23(4)25(20(18)26)15-9-7-6-8-10-15/h6-12H,5H2,1-4H3. The van der Waals surface area contributed by atoms with Crippen LogP contribution in [0.2, 0.25) is 0 Å². The van der Waals surface area contributed by atoms with E-state index in [-0.39, 0.29) is 5.56 Å². The maximum absolute atomic E-state index is 13.2. The van der Waals surface area contributed by atoms with Crippen LogP contribution in [-0.4, -0.2) is 24.1 Å². The number of benzene rings is 1. The normalized spacial score (nSPS) is 11.4. The van der Waals surface area contributed by atoms with Gasteiger partial charge in [-0.25, -0.2) is 9.67 Å². The molecule has 6 heteroatoms. The van der Waals surface area contributed by atoms with Crippen molar-refractivity contribution in [2.45, 2.75) is 27.3 Å². The minimum Gasteiger partial charge on any atom is -0.285 e. The fraction of sp³-hybridized carbons (Fsp3) is 0.250. The predicted molar refractivity (Wildman–Crippen MR) is 103 cm³/mol. The van der Waals surface area contributed by atoms with E-state index in [0.29, 0.717) is 11.3 Å². The Bertz CT molecular complexity index is 1160. The van der Waals surface area contributed by atoms with Crippen LogP contribution in [0.15, 0.2) is 47.4 Å². The summed E-state index contributed by atoms with van der Waals surface area (Å²) < 4.78 is 5.49. The largest absolute Gasteiger partial charge is 0.285 e. The summed E-state index contributed by atoms with van der Waals surface area (Å²) in [6.07, 6.45) is 1.77. The molecule has 0 unspecified atom stereocenters. The van der Waals surface area contributed by atoms with Crippen LogP contribution in [0.25, 0.3) is 28.0 Å². The molecule has 0 aliphatic heterocycles. The van der Waals surface area contributed by atoms with Crippen LogP contribution < -0.4 is 5.56 Å². The monoisotopic (exact) mass is 347 g/mol. The van der Waals surface area contributed by atoms with Crippen molar-refractivity contribution in [1.82, 2.24) is 24.1 Å². The number of hydrogen-bond acceptors (Lipinski definition) is 3. The molecule has 0 saturated carbocycles. The van der Waals surface area contributed by atoms with Crippen LogP contribution >= 0.6 is 0 Å². The van der Waals surface area contributed by atoms with E-state index in [1.807, 2.05) is 66.7 Å². The van der Waals surface area contributed by atoms with Crippen LogP contribution in [-0.2, 0) is 13.6 Å². The van der Waals surface area contributed by atoms with E-state index >= 15 is 0 Å². The number of nitrogens with zero attached hydrogens (tertiary/aromatic N) is 5. The Balaban J connectivity index is 1.98. The second kappa shape index (κ2) is 5.98. The lowest BCUT2D eigenvalue weighted by atomic mass is 10.1. The lowest BCUT2D eigenvalue weighted by Crippen LogP contribution is -2.20. The van der Waals surface area contributed by atoms with E-state index in [1.165, 1.54) is 0 Å². The molecule has 0 spiro atoms. The Kier molecular flexibility index (Phi) is 3.76. The Morgan fingerprint density at radius 3 is 2.54 bits per heavy atom. The molecule has 0 bridgehead atoms. The van der Waals surface area contributed by atoms with Gasteiger partial charge in [0.25, 0.3) is 5.56 Å². The number of hydrogen-bond donors (Lipinski definition) is 0. The summed E-state index contributed by atoms with van der Waals surface area (Å²) in [6.45, 7) is 6.83. The van der Waals surface area contributed by atoms with Gasteiger partial charge in [-0.3, -0.25) is 14.2 Å². The number of aryl methyl sites for hydroxylation is 2. The van der Waals surface area contributed by atoms with E-state index in [4.69, 9.17) is 4.98 Å². The predicted octanol–water partition coefficient (Wildman–Crippen LogP) is 3.22. The van der Waals surface area contributed by atoms with Gasteiger partial charge in [0, 0.05) is 19.3 Å². The number of fused-ring (bicyclic) bond motifs is 1. The zero-order valence-corrected chi connectivity index (χ0v) is 15.4. The number of pyridine rings is 1. The molecular formula is C20H21N5O. The third-order valence-electron chi connectivity index (χ3n) is 4.90. The van der Waals surface area contributed by atoms with Crippen LogP contribution in [0.5, 0.6) is 0 Å². The molecule has 0 radical (unpaired) electrons. The molecular weight excluding hydrogens is 326 g/mol. The topological polar surface area (TPSA) is 57.6 Å². The third kappa shape index (κ3) is 2.29. The summed E-state index contributed by atoms with van der Waals surface area (Å²) in [4.78, 5) is 17.9. The van der Waals surface area contributed by atoms with Crippen LogP contribution in [0.4, 0.5) is 0 Å². The average Bonchev–Trinajstić information content (AvgIpc) is 3.15. The summed E-state index contributed by atoms with van der Waals surface area (Å²) in [5.41, 5.74) is 5.88. The van der Waals surface area contributed by atoms with Gasteiger partial charge >= 0.3 is 0 Å². The van der Waals surface area contributed by atoms with Gasteiger partial charge in [0.15, 0.2) is 0 Å². The molecule has 132 valence electrons. The van der Waals surface area contributed by atoms with Crippen molar-refractivity contribution >= 4 is 11.0 Å². The molecule has 3 heterocycles. The molecule has 3 aromatic heterocycles. The molecule has 26 heavy (non-hydrogen) atoms. The zero-order valence-electron chi connectivity index (χ0n) is 15.4. The molecule has 0 atom stereocenters. The minimum atomic E-state index is -0.0645. The molecule has 0 fully saturated rings. The van der Waals surface area contributed by atoms with Crippen molar-refractivity contribution in [2.75, 3.05) is 0 Å². The summed E-state index contributed by atoms with van der Waals surface area (Å²) >= 11 is 0.